The Morgan fingerprint density at radius 3 is 1.50 bits per heavy atom. The van der Waals surface area contributed by atoms with Crippen LogP contribution in [-0.2, 0) is 4.79 Å². The third kappa shape index (κ3) is 1.14. The molecule has 2 nitrogen and oxygen atoms in total. The molecule has 1 aliphatic rings. The van der Waals surface area contributed by atoms with Crippen LogP contribution in [0, 0.1) is 16.2 Å². The predicted octanol–water partition coefficient (Wildman–Crippen LogP) is 2.52. The van der Waals surface area contributed by atoms with Crippen molar-refractivity contribution in [2.75, 3.05) is 0 Å². The molecule has 0 radical (unpaired) electrons. The fourth-order valence-corrected chi connectivity index (χ4v) is 3.62. The van der Waals surface area contributed by atoms with E-state index in [0.717, 1.165) is 0 Å². The first kappa shape index (κ1) is 11.6. The number of hydrogen-bond donors (Lipinski definition) is 1. The van der Waals surface area contributed by atoms with Crippen molar-refractivity contribution >= 4 is 23.1 Å². The molecule has 0 aromatic carbocycles. The zero-order valence-electron chi connectivity index (χ0n) is 9.82. The van der Waals surface area contributed by atoms with E-state index in [9.17, 15) is 4.79 Å². The van der Waals surface area contributed by atoms with Gasteiger partial charge in [0.1, 0.15) is 5.41 Å². The van der Waals surface area contributed by atoms with Crippen LogP contribution in [0.15, 0.2) is 0 Å². The second kappa shape index (κ2) is 2.78. The third-order valence-electron chi connectivity index (χ3n) is 3.16. The summed E-state index contributed by atoms with van der Waals surface area (Å²) in [5.74, 6) is 0.0718. The molecule has 0 spiro atoms. The lowest BCUT2D eigenvalue weighted by atomic mass is 9.50. The molecule has 1 rings (SSSR count). The molecule has 0 unspecified atom stereocenters. The average molecular weight is 213 g/mol. The maximum absolute atomic E-state index is 11.9. The van der Waals surface area contributed by atoms with Gasteiger partial charge in [-0.3, -0.25) is 4.79 Å². The van der Waals surface area contributed by atoms with Gasteiger partial charge >= 0.3 is 0 Å². The van der Waals surface area contributed by atoms with Crippen LogP contribution in [0.4, 0.5) is 0 Å². The van der Waals surface area contributed by atoms with Crippen LogP contribution < -0.4 is 5.32 Å². The molecule has 1 amide bonds. The molecule has 1 saturated heterocycles. The molecule has 1 aliphatic heterocycles. The average Bonchev–Trinajstić information content (AvgIpc) is 1.78. The smallest absolute Gasteiger partial charge is 0.238 e. The Morgan fingerprint density at radius 2 is 1.43 bits per heavy atom. The molecule has 80 valence electrons. The second-order valence-corrected chi connectivity index (χ2v) is 6.44. The normalized spacial score (nSPS) is 21.6. The summed E-state index contributed by atoms with van der Waals surface area (Å²) in [4.78, 5) is 12.6. The Morgan fingerprint density at radius 1 is 1.07 bits per heavy atom. The van der Waals surface area contributed by atoms with Crippen molar-refractivity contribution in [2.24, 2.45) is 16.2 Å². The third-order valence-corrected chi connectivity index (χ3v) is 3.57. The zero-order chi connectivity index (χ0) is 11.4. The largest absolute Gasteiger partial charge is 0.319 e. The molecule has 0 aromatic rings. The quantitative estimate of drug-likeness (QED) is 0.495. The van der Waals surface area contributed by atoms with Gasteiger partial charge in [0.15, 0.2) is 0 Å². The van der Waals surface area contributed by atoms with Crippen molar-refractivity contribution < 1.29 is 4.79 Å². The summed E-state index contributed by atoms with van der Waals surface area (Å²) in [5, 5.41) is 2.70. The molecule has 1 heterocycles. The number of amides is 1. The van der Waals surface area contributed by atoms with E-state index in [1.54, 1.807) is 0 Å². The van der Waals surface area contributed by atoms with Crippen LogP contribution in [0.5, 0.6) is 0 Å². The number of rotatable bonds is 0. The molecule has 0 atom stereocenters. The topological polar surface area (TPSA) is 29.1 Å². The van der Waals surface area contributed by atoms with Gasteiger partial charge in [0.05, 0.1) is 4.99 Å². The van der Waals surface area contributed by atoms with Crippen molar-refractivity contribution in [3.63, 3.8) is 0 Å². The van der Waals surface area contributed by atoms with Crippen LogP contribution in [0.3, 0.4) is 0 Å². The Balaban J connectivity index is 3.32. The molecule has 3 heteroatoms. The first-order valence-corrected chi connectivity index (χ1v) is 5.32. The summed E-state index contributed by atoms with van der Waals surface area (Å²) >= 11 is 5.26. The van der Waals surface area contributed by atoms with Crippen LogP contribution in [0.1, 0.15) is 41.5 Å². The summed E-state index contributed by atoms with van der Waals surface area (Å²) in [6.45, 7) is 12.4. The molecule has 0 saturated carbocycles. The predicted molar refractivity (Wildman–Crippen MR) is 62.1 cm³/mol. The monoisotopic (exact) mass is 213 g/mol. The highest BCUT2D eigenvalue weighted by molar-refractivity contribution is 7.80. The van der Waals surface area contributed by atoms with Crippen molar-refractivity contribution in [3.05, 3.63) is 0 Å². The van der Waals surface area contributed by atoms with Crippen molar-refractivity contribution in [3.8, 4) is 0 Å². The summed E-state index contributed by atoms with van der Waals surface area (Å²) in [6.07, 6.45) is 0. The van der Waals surface area contributed by atoms with Crippen molar-refractivity contribution in [1.29, 1.82) is 0 Å². The first-order chi connectivity index (χ1) is 6.05. The first-order valence-electron chi connectivity index (χ1n) is 4.91. The summed E-state index contributed by atoms with van der Waals surface area (Å²) < 4.78 is 0. The zero-order valence-corrected chi connectivity index (χ0v) is 10.6. The van der Waals surface area contributed by atoms with Gasteiger partial charge in [-0.25, -0.2) is 0 Å². The Kier molecular flexibility index (Phi) is 2.31. The molecular weight excluding hydrogens is 194 g/mol. The highest BCUT2D eigenvalue weighted by atomic mass is 32.1. The Bertz CT molecular complexity index is 263. The molecule has 14 heavy (non-hydrogen) atoms. The van der Waals surface area contributed by atoms with Crippen LogP contribution in [-0.4, -0.2) is 10.9 Å². The van der Waals surface area contributed by atoms with Crippen LogP contribution in [0.2, 0.25) is 0 Å². The lowest BCUT2D eigenvalue weighted by molar-refractivity contribution is -0.144. The van der Waals surface area contributed by atoms with Crippen molar-refractivity contribution in [1.82, 2.24) is 5.32 Å². The van der Waals surface area contributed by atoms with E-state index in [1.807, 2.05) is 0 Å². The SMILES string of the molecule is CC(C)(C)C1(C(C)(C)C)C(=O)NC1=S. The van der Waals surface area contributed by atoms with E-state index in [-0.39, 0.29) is 16.7 Å². The number of carbonyl (C=O) groups is 1. The van der Waals surface area contributed by atoms with E-state index in [2.05, 4.69) is 46.9 Å². The van der Waals surface area contributed by atoms with E-state index in [4.69, 9.17) is 12.2 Å². The molecular formula is C11H19NOS. The van der Waals surface area contributed by atoms with Gasteiger partial charge in [0.25, 0.3) is 0 Å². The van der Waals surface area contributed by atoms with Crippen LogP contribution >= 0.6 is 12.2 Å². The molecule has 0 bridgehead atoms. The number of β-lactam (4-membered cyclic amide) rings is 1. The van der Waals surface area contributed by atoms with Gasteiger partial charge < -0.3 is 5.32 Å². The fraction of sp³-hybridized carbons (Fsp3) is 0.818. The van der Waals surface area contributed by atoms with E-state index >= 15 is 0 Å². The Hall–Kier alpha value is -0.440. The lowest BCUT2D eigenvalue weighted by Crippen LogP contribution is -2.73. The molecule has 0 aliphatic carbocycles. The lowest BCUT2D eigenvalue weighted by Gasteiger charge is -2.57. The molecule has 1 fully saturated rings. The van der Waals surface area contributed by atoms with Crippen LogP contribution in [0.25, 0.3) is 0 Å². The minimum atomic E-state index is -0.505. The summed E-state index contributed by atoms with van der Waals surface area (Å²) in [6, 6.07) is 0. The van der Waals surface area contributed by atoms with E-state index < -0.39 is 5.41 Å². The summed E-state index contributed by atoms with van der Waals surface area (Å²) in [5.41, 5.74) is -0.773. The highest BCUT2D eigenvalue weighted by Gasteiger charge is 2.65. The number of carbonyl (C=O) groups excluding carboxylic acids is 1. The van der Waals surface area contributed by atoms with E-state index in [1.165, 1.54) is 0 Å². The minimum absolute atomic E-state index is 0.0718. The standard InChI is InChI=1S/C11H19NOS/c1-9(2,3)11(10(4,5)6)7(13)12-8(11)14/h1-6H3,(H,12,13,14). The van der Waals surface area contributed by atoms with Gasteiger partial charge in [0.2, 0.25) is 5.91 Å². The molecule has 0 aromatic heterocycles. The number of thiocarbonyl (C=S) groups is 1. The number of hydrogen-bond acceptors (Lipinski definition) is 2. The highest BCUT2D eigenvalue weighted by Crippen LogP contribution is 2.55. The van der Waals surface area contributed by atoms with Gasteiger partial charge in [-0.05, 0) is 10.8 Å². The van der Waals surface area contributed by atoms with Gasteiger partial charge in [-0.2, -0.15) is 0 Å². The molecule has 1 N–H and O–H groups in total. The van der Waals surface area contributed by atoms with Gasteiger partial charge in [-0.15, -0.1) is 0 Å². The Labute approximate surface area is 91.5 Å². The number of nitrogens with one attached hydrogen (secondary N) is 1. The summed E-state index contributed by atoms with van der Waals surface area (Å²) in [7, 11) is 0. The van der Waals surface area contributed by atoms with E-state index in [0.29, 0.717) is 4.99 Å². The maximum atomic E-state index is 11.9. The fourth-order valence-electron chi connectivity index (χ4n) is 2.82. The van der Waals surface area contributed by atoms with Gasteiger partial charge in [0, 0.05) is 0 Å². The second-order valence-electron chi connectivity index (χ2n) is 6.03. The van der Waals surface area contributed by atoms with Crippen molar-refractivity contribution in [2.45, 2.75) is 41.5 Å². The maximum Gasteiger partial charge on any atom is 0.238 e. The van der Waals surface area contributed by atoms with Gasteiger partial charge in [-0.1, -0.05) is 53.8 Å². The minimum Gasteiger partial charge on any atom is -0.319 e.